The molecule has 2 aromatic heterocycles. The van der Waals surface area contributed by atoms with Crippen LogP contribution in [-0.2, 0) is 10.0 Å². The van der Waals surface area contributed by atoms with Crippen LogP contribution in [0.1, 0.15) is 20.7 Å². The van der Waals surface area contributed by atoms with Gasteiger partial charge in [-0.25, -0.2) is 22.2 Å². The van der Waals surface area contributed by atoms with Gasteiger partial charge in [-0.1, -0.05) is 6.07 Å². The van der Waals surface area contributed by atoms with Gasteiger partial charge in [-0.15, -0.1) is 0 Å². The first-order valence-corrected chi connectivity index (χ1v) is 16.1. The molecule has 13 heteroatoms. The molecule has 240 valence electrons. The van der Waals surface area contributed by atoms with Crippen LogP contribution in [-0.4, -0.2) is 64.6 Å². The number of hydrogen-bond acceptors (Lipinski definition) is 7. The summed E-state index contributed by atoms with van der Waals surface area (Å²) in [4.78, 5) is 32.3. The summed E-state index contributed by atoms with van der Waals surface area (Å²) in [6.45, 7) is 0. The van der Waals surface area contributed by atoms with Crippen molar-refractivity contribution in [1.29, 1.82) is 0 Å². The average molecular weight is 659 g/mol. The monoisotopic (exact) mass is 658 g/mol. The fourth-order valence-electron chi connectivity index (χ4n) is 5.28. The lowest BCUT2D eigenvalue weighted by Gasteiger charge is -2.21. The maximum Gasteiger partial charge on any atom is 0.255 e. The molecule has 1 N–H and O–H groups in total. The highest BCUT2D eigenvalue weighted by molar-refractivity contribution is 7.92. The Balaban J connectivity index is 1.68. The molecule has 0 radical (unpaired) electrons. The Labute approximate surface area is 268 Å². The maximum absolute atomic E-state index is 14.5. The lowest BCUT2D eigenvalue weighted by atomic mass is 9.95. The fraction of sp³-hybridized carbons (Fsp3) is 0.147. The molecule has 10 nitrogen and oxygen atoms in total. The first kappa shape index (κ1) is 31.4. The highest BCUT2D eigenvalue weighted by Gasteiger charge is 2.27. The van der Waals surface area contributed by atoms with E-state index in [9.17, 15) is 26.8 Å². The number of halogens is 2. The molecule has 0 bridgehead atoms. The molecule has 0 aliphatic heterocycles. The van der Waals surface area contributed by atoms with E-state index in [1.165, 1.54) is 61.5 Å². The van der Waals surface area contributed by atoms with Gasteiger partial charge >= 0.3 is 0 Å². The van der Waals surface area contributed by atoms with E-state index < -0.39 is 27.6 Å². The zero-order valence-electron chi connectivity index (χ0n) is 25.9. The third kappa shape index (κ3) is 5.69. The second-order valence-corrected chi connectivity index (χ2v) is 13.1. The standard InChI is InChI=1S/C34H28F2N4O6S/c1-37-32(41)29-24-16-23(26(40(4)47(5,43)44)17-28(24)45-31(29)18-9-11-22(35)12-10-18)19-13-20(15-21(14-19)34(42)39(2)3)33-38-30-25(36)7-6-8-27(30)46-33/h6-17H,1-5H3,(H,37,41). The minimum Gasteiger partial charge on any atom is -0.455 e. The summed E-state index contributed by atoms with van der Waals surface area (Å²) in [7, 11) is 2.14. The summed E-state index contributed by atoms with van der Waals surface area (Å²) >= 11 is 0. The summed E-state index contributed by atoms with van der Waals surface area (Å²) in [5.41, 5.74) is 2.35. The molecular formula is C34H28F2N4O6S. The minimum absolute atomic E-state index is 0.00856. The van der Waals surface area contributed by atoms with Crippen molar-refractivity contribution in [1.82, 2.24) is 15.2 Å². The van der Waals surface area contributed by atoms with Gasteiger partial charge < -0.3 is 19.1 Å². The third-order valence-electron chi connectivity index (χ3n) is 7.72. The second-order valence-electron chi connectivity index (χ2n) is 11.1. The quantitative estimate of drug-likeness (QED) is 0.213. The Bertz CT molecular complexity index is 2330. The summed E-state index contributed by atoms with van der Waals surface area (Å²) in [6, 6.07) is 17.6. The van der Waals surface area contributed by atoms with Crippen LogP contribution in [0.3, 0.4) is 0 Å². The van der Waals surface area contributed by atoms with Crippen molar-refractivity contribution in [3.05, 3.63) is 95.6 Å². The van der Waals surface area contributed by atoms with E-state index in [-0.39, 0.29) is 51.1 Å². The van der Waals surface area contributed by atoms with Gasteiger partial charge in [-0.3, -0.25) is 13.9 Å². The number of carbonyl (C=O) groups excluding carboxylic acids is 2. The number of nitrogens with one attached hydrogen (secondary N) is 1. The summed E-state index contributed by atoms with van der Waals surface area (Å²) in [6.07, 6.45) is 1.04. The SMILES string of the molecule is CNC(=O)c1c(-c2ccc(F)cc2)oc2cc(N(C)S(C)(=O)=O)c(-c3cc(C(=O)N(C)C)cc(-c4nc5c(F)cccc5o4)c3)cc12. The number of sulfonamides is 1. The number of oxazole rings is 1. The lowest BCUT2D eigenvalue weighted by Crippen LogP contribution is -2.25. The Kier molecular flexibility index (Phi) is 7.80. The predicted octanol–water partition coefficient (Wildman–Crippen LogP) is 6.31. The van der Waals surface area contributed by atoms with Gasteiger partial charge in [0.15, 0.2) is 11.4 Å². The molecule has 6 rings (SSSR count). The normalized spacial score (nSPS) is 11.6. The van der Waals surface area contributed by atoms with Crippen molar-refractivity contribution in [3.8, 4) is 33.9 Å². The van der Waals surface area contributed by atoms with Crippen molar-refractivity contribution in [2.75, 3.05) is 38.8 Å². The van der Waals surface area contributed by atoms with Crippen LogP contribution in [0.5, 0.6) is 0 Å². The number of benzene rings is 4. The number of aromatic nitrogens is 1. The number of nitrogens with zero attached hydrogens (tertiary/aromatic N) is 3. The van der Waals surface area contributed by atoms with Crippen LogP contribution in [0.4, 0.5) is 14.5 Å². The number of rotatable bonds is 7. The van der Waals surface area contributed by atoms with Crippen molar-refractivity contribution >= 4 is 49.6 Å². The third-order valence-corrected chi connectivity index (χ3v) is 8.91. The first-order valence-electron chi connectivity index (χ1n) is 14.2. The van der Waals surface area contributed by atoms with Crippen LogP contribution >= 0.6 is 0 Å². The van der Waals surface area contributed by atoms with E-state index in [4.69, 9.17) is 8.83 Å². The van der Waals surface area contributed by atoms with Crippen molar-refractivity contribution in [2.24, 2.45) is 0 Å². The average Bonchev–Trinajstić information content (AvgIpc) is 3.65. The number of fused-ring (bicyclic) bond motifs is 2. The van der Waals surface area contributed by atoms with Crippen molar-refractivity contribution in [2.45, 2.75) is 0 Å². The minimum atomic E-state index is -3.84. The number of anilines is 1. The Hall–Kier alpha value is -5.56. The van der Waals surface area contributed by atoms with E-state index in [0.717, 1.165) is 10.6 Å². The van der Waals surface area contributed by atoms with Gasteiger partial charge in [-0.05, 0) is 66.2 Å². The van der Waals surface area contributed by atoms with E-state index in [0.29, 0.717) is 27.6 Å². The van der Waals surface area contributed by atoms with Crippen LogP contribution in [0.15, 0.2) is 81.6 Å². The summed E-state index contributed by atoms with van der Waals surface area (Å²) < 4.78 is 67.2. The van der Waals surface area contributed by atoms with Crippen LogP contribution < -0.4 is 9.62 Å². The summed E-state index contributed by atoms with van der Waals surface area (Å²) in [5.74, 6) is -1.75. The predicted molar refractivity (Wildman–Crippen MR) is 175 cm³/mol. The molecule has 0 aliphatic rings. The topological polar surface area (TPSA) is 126 Å². The smallest absolute Gasteiger partial charge is 0.255 e. The van der Waals surface area contributed by atoms with Gasteiger partial charge in [0.25, 0.3) is 11.8 Å². The second kappa shape index (κ2) is 11.7. The van der Waals surface area contributed by atoms with Gasteiger partial charge in [0, 0.05) is 61.9 Å². The van der Waals surface area contributed by atoms with Crippen LogP contribution in [0.2, 0.25) is 0 Å². The highest BCUT2D eigenvalue weighted by atomic mass is 32.2. The van der Waals surface area contributed by atoms with Crippen LogP contribution in [0, 0.1) is 11.6 Å². The zero-order valence-corrected chi connectivity index (χ0v) is 26.7. The molecule has 2 heterocycles. The number of hydrogen-bond donors (Lipinski definition) is 1. The molecular weight excluding hydrogens is 630 g/mol. The molecule has 0 atom stereocenters. The molecule has 6 aromatic rings. The van der Waals surface area contributed by atoms with Gasteiger partial charge in [0.2, 0.25) is 15.9 Å². The van der Waals surface area contributed by atoms with E-state index in [1.807, 2.05) is 0 Å². The van der Waals surface area contributed by atoms with Gasteiger partial charge in [-0.2, -0.15) is 0 Å². The number of amides is 2. The highest BCUT2D eigenvalue weighted by Crippen LogP contribution is 2.42. The molecule has 0 unspecified atom stereocenters. The maximum atomic E-state index is 14.5. The molecule has 4 aromatic carbocycles. The molecule has 0 aliphatic carbocycles. The lowest BCUT2D eigenvalue weighted by molar-refractivity contribution is 0.0827. The fourth-order valence-corrected chi connectivity index (χ4v) is 5.79. The van der Waals surface area contributed by atoms with Gasteiger partial charge in [0.05, 0.1) is 17.5 Å². The van der Waals surface area contributed by atoms with Gasteiger partial charge in [0.1, 0.15) is 22.7 Å². The largest absolute Gasteiger partial charge is 0.455 e. The van der Waals surface area contributed by atoms with E-state index in [2.05, 4.69) is 10.3 Å². The molecule has 0 saturated heterocycles. The number of furan rings is 1. The van der Waals surface area contributed by atoms with Crippen LogP contribution in [0.25, 0.3) is 56.0 Å². The van der Waals surface area contributed by atoms with Crippen molar-refractivity contribution < 1.29 is 35.6 Å². The number of para-hydroxylation sites is 1. The van der Waals surface area contributed by atoms with Crippen molar-refractivity contribution in [3.63, 3.8) is 0 Å². The molecule has 0 fully saturated rings. The Morgan fingerprint density at radius 3 is 2.19 bits per heavy atom. The molecule has 2 amide bonds. The summed E-state index contributed by atoms with van der Waals surface area (Å²) in [5, 5.41) is 2.94. The zero-order chi connectivity index (χ0) is 33.8. The molecule has 0 spiro atoms. The molecule has 0 saturated carbocycles. The molecule has 47 heavy (non-hydrogen) atoms. The Morgan fingerprint density at radius 1 is 0.851 bits per heavy atom. The van der Waals surface area contributed by atoms with E-state index >= 15 is 0 Å². The Morgan fingerprint density at radius 2 is 1.55 bits per heavy atom. The van der Waals surface area contributed by atoms with E-state index in [1.54, 1.807) is 44.4 Å². The number of carbonyl (C=O) groups is 2. The first-order chi connectivity index (χ1) is 22.3.